The number of aryl methyl sites for hydroxylation is 1. The average molecular weight is 250 g/mol. The van der Waals surface area contributed by atoms with E-state index in [-0.39, 0.29) is 11.8 Å². The first-order valence-electron chi connectivity index (χ1n) is 5.44. The molecule has 5 nitrogen and oxygen atoms in total. The molecule has 3 N–H and O–H groups in total. The molecule has 0 radical (unpaired) electrons. The maximum absolute atomic E-state index is 13.7. The van der Waals surface area contributed by atoms with Crippen molar-refractivity contribution in [2.24, 2.45) is 12.9 Å². The average Bonchev–Trinajstić information content (AvgIpc) is 2.77. The van der Waals surface area contributed by atoms with Crippen molar-refractivity contribution in [3.8, 4) is 5.75 Å². The molecule has 6 heteroatoms. The highest BCUT2D eigenvalue weighted by atomic mass is 19.1. The van der Waals surface area contributed by atoms with E-state index in [1.54, 1.807) is 23.0 Å². The van der Waals surface area contributed by atoms with Gasteiger partial charge in [0, 0.05) is 18.8 Å². The van der Waals surface area contributed by atoms with Gasteiger partial charge in [-0.15, -0.1) is 0 Å². The zero-order valence-electron chi connectivity index (χ0n) is 10.2. The van der Waals surface area contributed by atoms with E-state index < -0.39 is 5.82 Å². The van der Waals surface area contributed by atoms with Crippen LogP contribution in [0.4, 0.5) is 4.39 Å². The summed E-state index contributed by atoms with van der Waals surface area (Å²) in [6.07, 6.45) is 3.51. The number of benzene rings is 1. The molecule has 18 heavy (non-hydrogen) atoms. The van der Waals surface area contributed by atoms with Crippen LogP contribution in [-0.2, 0) is 7.05 Å². The van der Waals surface area contributed by atoms with E-state index in [0.717, 1.165) is 5.56 Å². The van der Waals surface area contributed by atoms with E-state index in [4.69, 9.17) is 10.6 Å². The number of hydrogen-bond acceptors (Lipinski definition) is 4. The van der Waals surface area contributed by atoms with Crippen LogP contribution in [-0.4, -0.2) is 16.9 Å². The number of methoxy groups -OCH3 is 1. The Morgan fingerprint density at radius 1 is 1.44 bits per heavy atom. The highest BCUT2D eigenvalue weighted by Crippen LogP contribution is 2.25. The van der Waals surface area contributed by atoms with E-state index in [9.17, 15) is 4.39 Å². The summed E-state index contributed by atoms with van der Waals surface area (Å²) in [5.74, 6) is 5.32. The van der Waals surface area contributed by atoms with Gasteiger partial charge in [0.25, 0.3) is 0 Å². The van der Waals surface area contributed by atoms with E-state index in [2.05, 4.69) is 10.5 Å². The van der Waals surface area contributed by atoms with Crippen LogP contribution in [0.2, 0.25) is 0 Å². The smallest absolute Gasteiger partial charge is 0.165 e. The van der Waals surface area contributed by atoms with Crippen molar-refractivity contribution >= 4 is 0 Å². The molecule has 0 aliphatic carbocycles. The Morgan fingerprint density at radius 2 is 2.22 bits per heavy atom. The maximum Gasteiger partial charge on any atom is 0.165 e. The summed E-state index contributed by atoms with van der Waals surface area (Å²) in [6, 6.07) is 4.43. The van der Waals surface area contributed by atoms with Crippen LogP contribution in [0.5, 0.6) is 5.75 Å². The van der Waals surface area contributed by atoms with Crippen LogP contribution >= 0.6 is 0 Å². The zero-order valence-corrected chi connectivity index (χ0v) is 10.2. The molecule has 2 rings (SSSR count). The predicted octanol–water partition coefficient (Wildman–Crippen LogP) is 1.12. The van der Waals surface area contributed by atoms with Gasteiger partial charge in [-0.3, -0.25) is 10.5 Å². The fourth-order valence-electron chi connectivity index (χ4n) is 1.84. The zero-order chi connectivity index (χ0) is 13.1. The minimum atomic E-state index is -0.417. The normalized spacial score (nSPS) is 12.4. The third kappa shape index (κ3) is 2.34. The summed E-state index contributed by atoms with van der Waals surface area (Å²) in [5.41, 5.74) is 4.23. The summed E-state index contributed by atoms with van der Waals surface area (Å²) in [4.78, 5) is 0. The van der Waals surface area contributed by atoms with Gasteiger partial charge in [-0.25, -0.2) is 9.82 Å². The minimum Gasteiger partial charge on any atom is -0.494 e. The quantitative estimate of drug-likeness (QED) is 0.630. The second-order valence-corrected chi connectivity index (χ2v) is 3.94. The Morgan fingerprint density at radius 3 is 2.72 bits per heavy atom. The molecule has 0 bridgehead atoms. The molecule has 0 amide bonds. The highest BCUT2D eigenvalue weighted by Gasteiger charge is 2.16. The largest absolute Gasteiger partial charge is 0.494 e. The molecule has 0 saturated heterocycles. The fraction of sp³-hybridized carbons (Fsp3) is 0.250. The molecule has 2 aromatic rings. The van der Waals surface area contributed by atoms with Crippen molar-refractivity contribution in [1.29, 1.82) is 0 Å². The lowest BCUT2D eigenvalue weighted by Crippen LogP contribution is -2.28. The molecule has 0 saturated carbocycles. The molecule has 0 aliphatic heterocycles. The molecule has 96 valence electrons. The third-order valence-corrected chi connectivity index (χ3v) is 2.73. The molecular formula is C12H15FN4O. The maximum atomic E-state index is 13.7. The number of hydrogen-bond donors (Lipinski definition) is 2. The number of nitrogens with two attached hydrogens (primary N) is 1. The second-order valence-electron chi connectivity index (χ2n) is 3.94. The van der Waals surface area contributed by atoms with Gasteiger partial charge in [-0.2, -0.15) is 5.10 Å². The SMILES string of the molecule is COc1ccc(C(NN)c2cnn(C)c2)cc1F. The van der Waals surface area contributed by atoms with Gasteiger partial charge in [0.1, 0.15) is 0 Å². The lowest BCUT2D eigenvalue weighted by atomic mass is 10.0. The molecule has 0 spiro atoms. The van der Waals surface area contributed by atoms with Crippen molar-refractivity contribution in [2.75, 3.05) is 7.11 Å². The molecule has 1 aromatic carbocycles. The first-order chi connectivity index (χ1) is 8.65. The van der Waals surface area contributed by atoms with E-state index in [1.807, 2.05) is 13.2 Å². The van der Waals surface area contributed by atoms with Crippen LogP contribution in [0.15, 0.2) is 30.6 Å². The first kappa shape index (κ1) is 12.5. The van der Waals surface area contributed by atoms with Gasteiger partial charge in [-0.1, -0.05) is 6.07 Å². The summed E-state index contributed by atoms with van der Waals surface area (Å²) >= 11 is 0. The van der Waals surface area contributed by atoms with E-state index in [0.29, 0.717) is 5.56 Å². The van der Waals surface area contributed by atoms with Gasteiger partial charge in [0.2, 0.25) is 0 Å². The monoisotopic (exact) mass is 250 g/mol. The number of ether oxygens (including phenoxy) is 1. The van der Waals surface area contributed by atoms with Gasteiger partial charge in [-0.05, 0) is 17.7 Å². The van der Waals surface area contributed by atoms with Crippen molar-refractivity contribution in [3.63, 3.8) is 0 Å². The van der Waals surface area contributed by atoms with Gasteiger partial charge >= 0.3 is 0 Å². The summed E-state index contributed by atoms with van der Waals surface area (Å²) in [7, 11) is 3.24. The van der Waals surface area contributed by atoms with Gasteiger partial charge in [0.15, 0.2) is 11.6 Å². The van der Waals surface area contributed by atoms with Crippen LogP contribution in [0, 0.1) is 5.82 Å². The molecule has 1 atom stereocenters. The molecule has 1 aromatic heterocycles. The molecule has 0 aliphatic rings. The van der Waals surface area contributed by atoms with Crippen LogP contribution < -0.4 is 16.0 Å². The van der Waals surface area contributed by atoms with Crippen molar-refractivity contribution in [2.45, 2.75) is 6.04 Å². The number of rotatable bonds is 4. The Kier molecular flexibility index (Phi) is 3.59. The predicted molar refractivity (Wildman–Crippen MR) is 65.3 cm³/mol. The standard InChI is InChI=1S/C12H15FN4O/c1-17-7-9(6-15-17)12(16-14)8-3-4-11(18-2)10(13)5-8/h3-7,12,16H,14H2,1-2H3. The molecule has 0 fully saturated rings. The molecule has 1 heterocycles. The Hall–Kier alpha value is -1.92. The van der Waals surface area contributed by atoms with Gasteiger partial charge in [0.05, 0.1) is 19.3 Å². The number of nitrogens with one attached hydrogen (secondary N) is 1. The lowest BCUT2D eigenvalue weighted by Gasteiger charge is -2.15. The lowest BCUT2D eigenvalue weighted by molar-refractivity contribution is 0.385. The van der Waals surface area contributed by atoms with Crippen molar-refractivity contribution < 1.29 is 9.13 Å². The fourth-order valence-corrected chi connectivity index (χ4v) is 1.84. The number of nitrogens with zero attached hydrogens (tertiary/aromatic N) is 2. The summed E-state index contributed by atoms with van der Waals surface area (Å²) < 4.78 is 20.2. The summed E-state index contributed by atoms with van der Waals surface area (Å²) in [5, 5.41) is 4.07. The Balaban J connectivity index is 2.36. The molecule has 1 unspecified atom stereocenters. The topological polar surface area (TPSA) is 65.1 Å². The summed E-state index contributed by atoms with van der Waals surface area (Å²) in [6.45, 7) is 0. The second kappa shape index (κ2) is 5.16. The molecular weight excluding hydrogens is 235 g/mol. The van der Waals surface area contributed by atoms with Crippen LogP contribution in [0.3, 0.4) is 0 Å². The Bertz CT molecular complexity index is 541. The number of aromatic nitrogens is 2. The number of hydrazine groups is 1. The third-order valence-electron chi connectivity index (χ3n) is 2.73. The van der Waals surface area contributed by atoms with Crippen LogP contribution in [0.25, 0.3) is 0 Å². The highest BCUT2D eigenvalue weighted by molar-refractivity contribution is 5.35. The van der Waals surface area contributed by atoms with Crippen LogP contribution in [0.1, 0.15) is 17.2 Å². The minimum absolute atomic E-state index is 0.209. The van der Waals surface area contributed by atoms with Gasteiger partial charge < -0.3 is 4.74 Å². The van der Waals surface area contributed by atoms with Crippen molar-refractivity contribution in [3.05, 3.63) is 47.5 Å². The van der Waals surface area contributed by atoms with E-state index in [1.165, 1.54) is 13.2 Å². The number of halogens is 1. The van der Waals surface area contributed by atoms with E-state index >= 15 is 0 Å². The first-order valence-corrected chi connectivity index (χ1v) is 5.44. The van der Waals surface area contributed by atoms with Crippen molar-refractivity contribution in [1.82, 2.24) is 15.2 Å². The Labute approximate surface area is 104 Å².